The number of nitrogens with zero attached hydrogens (tertiary/aromatic N) is 3. The molecule has 0 N–H and O–H groups in total. The molecule has 2 heterocycles. The van der Waals surface area contributed by atoms with Crippen LogP contribution in [0.15, 0.2) is 158 Å². The second kappa shape index (κ2) is 9.41. The van der Waals surface area contributed by atoms with Gasteiger partial charge in [-0.05, 0) is 60.7 Å². The van der Waals surface area contributed by atoms with Crippen molar-refractivity contribution in [3.63, 3.8) is 0 Å². The smallest absolute Gasteiger partial charge is 0.138 e. The van der Waals surface area contributed by atoms with Crippen LogP contribution in [0.2, 0.25) is 0 Å². The molecule has 190 valence electrons. The molecular weight excluding hydrogens is 505 g/mol. The normalized spacial score (nSPS) is 14.7. The van der Waals surface area contributed by atoms with Crippen LogP contribution in [0, 0.1) is 0 Å². The van der Waals surface area contributed by atoms with Gasteiger partial charge in [-0.15, -0.1) is 0 Å². The fourth-order valence-corrected chi connectivity index (χ4v) is 8.44. The van der Waals surface area contributed by atoms with Crippen LogP contribution in [0.4, 0.5) is 22.7 Å². The average Bonchev–Trinajstić information content (AvgIpc) is 3.55. The highest BCUT2D eigenvalue weighted by molar-refractivity contribution is 7.70. The number of rotatable bonds is 4. The summed E-state index contributed by atoms with van der Waals surface area (Å²) < 4.78 is 7.46. The van der Waals surface area contributed by atoms with Crippen LogP contribution in [0.5, 0.6) is 0 Å². The van der Waals surface area contributed by atoms with E-state index in [2.05, 4.69) is 172 Å². The summed E-state index contributed by atoms with van der Waals surface area (Å²) in [5.41, 5.74) is 8.47. The monoisotopic (exact) mass is 531 g/mol. The summed E-state index contributed by atoms with van der Waals surface area (Å²) in [7, 11) is -0.922. The van der Waals surface area contributed by atoms with E-state index in [9.17, 15) is 0 Å². The molecule has 1 atom stereocenters. The number of para-hydroxylation sites is 5. The maximum absolute atomic E-state index is 2.56. The Morgan fingerprint density at radius 1 is 0.375 bits per heavy atom. The third-order valence-electron chi connectivity index (χ3n) is 7.62. The molecule has 1 aliphatic heterocycles. The van der Waals surface area contributed by atoms with Crippen molar-refractivity contribution < 1.29 is 0 Å². The van der Waals surface area contributed by atoms with Gasteiger partial charge in [0.1, 0.15) is 8.22 Å². The second-order valence-electron chi connectivity index (χ2n) is 9.96. The van der Waals surface area contributed by atoms with Gasteiger partial charge in [-0.1, -0.05) is 97.1 Å². The number of aromatic nitrogens is 1. The third kappa shape index (κ3) is 3.56. The first-order valence-corrected chi connectivity index (χ1v) is 14.8. The van der Waals surface area contributed by atoms with E-state index < -0.39 is 8.22 Å². The summed E-state index contributed by atoms with van der Waals surface area (Å²) in [5, 5.41) is 3.83. The maximum atomic E-state index is 2.56. The minimum atomic E-state index is -0.922. The Morgan fingerprint density at radius 2 is 0.900 bits per heavy atom. The van der Waals surface area contributed by atoms with Gasteiger partial charge in [0.25, 0.3) is 0 Å². The zero-order chi connectivity index (χ0) is 26.5. The zero-order valence-electron chi connectivity index (χ0n) is 21.8. The Labute approximate surface area is 235 Å². The fraction of sp³-hybridized carbons (Fsp3) is 0. The van der Waals surface area contributed by atoms with Crippen LogP contribution in [0.3, 0.4) is 0 Å². The Bertz CT molecular complexity index is 1970. The highest BCUT2D eigenvalue weighted by Crippen LogP contribution is 2.64. The van der Waals surface area contributed by atoms with Gasteiger partial charge in [0.2, 0.25) is 0 Å². The Kier molecular flexibility index (Phi) is 5.43. The molecule has 0 spiro atoms. The zero-order valence-corrected chi connectivity index (χ0v) is 22.7. The molecule has 8 rings (SSSR count). The molecule has 40 heavy (non-hydrogen) atoms. The summed E-state index contributed by atoms with van der Waals surface area (Å²) in [4.78, 5) is 0. The van der Waals surface area contributed by atoms with Gasteiger partial charge >= 0.3 is 0 Å². The average molecular weight is 532 g/mol. The van der Waals surface area contributed by atoms with Crippen LogP contribution < -0.4 is 14.6 Å². The van der Waals surface area contributed by atoms with Gasteiger partial charge in [0.15, 0.2) is 0 Å². The lowest BCUT2D eigenvalue weighted by molar-refractivity contribution is 1.18. The van der Waals surface area contributed by atoms with E-state index in [-0.39, 0.29) is 0 Å². The molecular formula is C36H26N3P. The number of anilines is 4. The maximum Gasteiger partial charge on any atom is 0.138 e. The van der Waals surface area contributed by atoms with E-state index in [1.54, 1.807) is 0 Å². The van der Waals surface area contributed by atoms with Crippen molar-refractivity contribution in [2.45, 2.75) is 0 Å². The largest absolute Gasteiger partial charge is 0.309 e. The molecule has 6 aromatic carbocycles. The van der Waals surface area contributed by atoms with E-state index in [1.165, 1.54) is 55.5 Å². The van der Waals surface area contributed by atoms with Crippen molar-refractivity contribution in [1.29, 1.82) is 0 Å². The predicted molar refractivity (Wildman–Crippen MR) is 171 cm³/mol. The molecule has 0 fully saturated rings. The lowest BCUT2D eigenvalue weighted by Crippen LogP contribution is -2.22. The van der Waals surface area contributed by atoms with E-state index >= 15 is 0 Å². The van der Waals surface area contributed by atoms with Gasteiger partial charge in [0, 0.05) is 33.1 Å². The molecule has 0 saturated carbocycles. The molecule has 7 aromatic rings. The Hall–Kier alpha value is -4.85. The van der Waals surface area contributed by atoms with E-state index in [4.69, 9.17) is 0 Å². The summed E-state index contributed by atoms with van der Waals surface area (Å²) >= 11 is 0. The van der Waals surface area contributed by atoms with Gasteiger partial charge < -0.3 is 4.57 Å². The first-order valence-electron chi connectivity index (χ1n) is 13.6. The van der Waals surface area contributed by atoms with Crippen LogP contribution in [-0.4, -0.2) is 4.57 Å². The molecule has 1 aliphatic rings. The third-order valence-corrected chi connectivity index (χ3v) is 10.0. The van der Waals surface area contributed by atoms with Crippen LogP contribution in [-0.2, 0) is 0 Å². The van der Waals surface area contributed by atoms with Crippen molar-refractivity contribution in [2.24, 2.45) is 0 Å². The number of hydrogen-bond acceptors (Lipinski definition) is 2. The van der Waals surface area contributed by atoms with Gasteiger partial charge in [-0.25, -0.2) is 0 Å². The van der Waals surface area contributed by atoms with E-state index in [1.807, 2.05) is 0 Å². The number of fused-ring (bicyclic) bond motifs is 4. The molecule has 0 amide bonds. The Balaban J connectivity index is 1.38. The van der Waals surface area contributed by atoms with Crippen LogP contribution >= 0.6 is 8.22 Å². The van der Waals surface area contributed by atoms with Crippen molar-refractivity contribution >= 4 is 58.1 Å². The van der Waals surface area contributed by atoms with Gasteiger partial charge in [-0.2, -0.15) is 0 Å². The highest BCUT2D eigenvalue weighted by Gasteiger charge is 2.39. The molecule has 0 radical (unpaired) electrons. The summed E-state index contributed by atoms with van der Waals surface area (Å²) in [6, 6.07) is 56.9. The lowest BCUT2D eigenvalue weighted by Gasteiger charge is -2.32. The van der Waals surface area contributed by atoms with E-state index in [0.717, 1.165) is 0 Å². The minimum absolute atomic E-state index is 0.922. The van der Waals surface area contributed by atoms with Crippen LogP contribution in [0.1, 0.15) is 0 Å². The minimum Gasteiger partial charge on any atom is -0.309 e. The van der Waals surface area contributed by atoms with Gasteiger partial charge in [0.05, 0.1) is 22.4 Å². The fourth-order valence-electron chi connectivity index (χ4n) is 5.92. The summed E-state index contributed by atoms with van der Waals surface area (Å²) in [6.07, 6.45) is 0. The molecule has 1 unspecified atom stereocenters. The SMILES string of the molecule is c1ccc(N2c3ccccc3N(c3ccc4c(c3)c3ccccc3n4-c3ccccc3)P2c2ccccc2)cc1. The first kappa shape index (κ1) is 23.1. The van der Waals surface area contributed by atoms with Crippen molar-refractivity contribution in [1.82, 2.24) is 4.57 Å². The number of hydrogen-bond donors (Lipinski definition) is 0. The lowest BCUT2D eigenvalue weighted by atomic mass is 10.1. The van der Waals surface area contributed by atoms with Gasteiger partial charge in [-0.3, -0.25) is 9.34 Å². The summed E-state index contributed by atoms with van der Waals surface area (Å²) in [5.74, 6) is 0. The quantitative estimate of drug-likeness (QED) is 0.210. The highest BCUT2D eigenvalue weighted by atomic mass is 31.1. The second-order valence-corrected chi connectivity index (χ2v) is 11.9. The van der Waals surface area contributed by atoms with Crippen molar-refractivity contribution in [2.75, 3.05) is 9.34 Å². The molecule has 0 aliphatic carbocycles. The molecule has 1 aromatic heterocycles. The van der Waals surface area contributed by atoms with Crippen molar-refractivity contribution in [3.05, 3.63) is 158 Å². The first-order chi connectivity index (χ1) is 19.9. The summed E-state index contributed by atoms with van der Waals surface area (Å²) in [6.45, 7) is 0. The molecule has 0 bridgehead atoms. The predicted octanol–water partition coefficient (Wildman–Crippen LogP) is 9.71. The van der Waals surface area contributed by atoms with Crippen molar-refractivity contribution in [3.8, 4) is 5.69 Å². The number of benzene rings is 6. The topological polar surface area (TPSA) is 11.4 Å². The Morgan fingerprint density at radius 3 is 1.60 bits per heavy atom. The molecule has 4 heteroatoms. The standard InChI is InChI=1S/C36H26N3P/c1-4-14-27(15-5-1)37-33-21-11-10-20-31(33)32-26-29(24-25-34(32)37)39-36-23-13-12-22-35(36)38(28-16-6-2-7-17-28)40(39)30-18-8-3-9-19-30/h1-26H. The molecule has 3 nitrogen and oxygen atoms in total. The molecule has 0 saturated heterocycles. The van der Waals surface area contributed by atoms with E-state index in [0.29, 0.717) is 0 Å². The van der Waals surface area contributed by atoms with Crippen LogP contribution in [0.25, 0.3) is 27.5 Å².